The molecule has 0 saturated carbocycles. The fourth-order valence-electron chi connectivity index (χ4n) is 3.20. The van der Waals surface area contributed by atoms with Gasteiger partial charge in [0.05, 0.1) is 17.9 Å². The lowest BCUT2D eigenvalue weighted by Crippen LogP contribution is -2.49. The number of hydrogen-bond acceptors (Lipinski definition) is 5. The summed E-state index contributed by atoms with van der Waals surface area (Å²) in [4.78, 5) is 39.5. The van der Waals surface area contributed by atoms with Crippen molar-refractivity contribution >= 4 is 29.3 Å². The second-order valence-corrected chi connectivity index (χ2v) is 6.53. The largest absolute Gasteiger partial charge is 0.478 e. The summed E-state index contributed by atoms with van der Waals surface area (Å²) in [5.41, 5.74) is 1.55. The number of hydrogen-bond donors (Lipinski definition) is 2. The molecular formula is C21H23N3O5. The Morgan fingerprint density at radius 2 is 1.72 bits per heavy atom. The number of carboxylic acids is 1. The van der Waals surface area contributed by atoms with Crippen LogP contribution in [0.3, 0.4) is 0 Å². The van der Waals surface area contributed by atoms with Gasteiger partial charge in [0.1, 0.15) is 0 Å². The molecule has 0 radical (unpaired) electrons. The Hall–Kier alpha value is -3.55. The number of ether oxygens (including phenoxy) is 1. The van der Waals surface area contributed by atoms with Gasteiger partial charge in [-0.1, -0.05) is 18.2 Å². The normalized spacial score (nSPS) is 13.7. The van der Waals surface area contributed by atoms with Crippen LogP contribution >= 0.6 is 0 Å². The van der Waals surface area contributed by atoms with Crippen LogP contribution in [0.5, 0.6) is 0 Å². The molecule has 1 heterocycles. The first kappa shape index (κ1) is 20.2. The molecule has 1 saturated heterocycles. The van der Waals surface area contributed by atoms with Crippen molar-refractivity contribution in [3.63, 3.8) is 0 Å². The molecule has 1 aliphatic rings. The van der Waals surface area contributed by atoms with Crippen LogP contribution in [0.15, 0.2) is 48.5 Å². The van der Waals surface area contributed by atoms with Crippen LogP contribution < -0.4 is 10.2 Å². The molecule has 2 aromatic rings. The highest BCUT2D eigenvalue weighted by atomic mass is 16.6. The fraction of sp³-hybridized carbons (Fsp3) is 0.286. The molecule has 3 rings (SSSR count). The number of nitrogens with zero attached hydrogens (tertiary/aromatic N) is 2. The van der Waals surface area contributed by atoms with Crippen molar-refractivity contribution in [3.8, 4) is 0 Å². The maximum atomic E-state index is 12.3. The van der Waals surface area contributed by atoms with Gasteiger partial charge in [-0.05, 0) is 37.3 Å². The summed E-state index contributed by atoms with van der Waals surface area (Å²) in [5.74, 6) is -1.39. The molecule has 0 bridgehead atoms. The lowest BCUT2D eigenvalue weighted by atomic mass is 10.1. The van der Waals surface area contributed by atoms with Gasteiger partial charge in [0.25, 0.3) is 5.91 Å². The zero-order valence-corrected chi connectivity index (χ0v) is 16.1. The molecule has 1 aliphatic heterocycles. The number of carboxylic acid groups (broad SMARTS) is 1. The minimum Gasteiger partial charge on any atom is -0.478 e. The Labute approximate surface area is 168 Å². The molecule has 0 unspecified atom stereocenters. The van der Waals surface area contributed by atoms with E-state index in [1.807, 2.05) is 11.0 Å². The van der Waals surface area contributed by atoms with Crippen molar-refractivity contribution in [3.05, 3.63) is 59.7 Å². The number of aromatic carboxylic acids is 1. The van der Waals surface area contributed by atoms with Crippen LogP contribution in [-0.2, 0) is 4.74 Å². The van der Waals surface area contributed by atoms with Crippen molar-refractivity contribution in [2.24, 2.45) is 0 Å². The number of rotatable bonds is 5. The van der Waals surface area contributed by atoms with Gasteiger partial charge in [-0.2, -0.15) is 0 Å². The van der Waals surface area contributed by atoms with Crippen molar-refractivity contribution in [2.75, 3.05) is 43.0 Å². The van der Waals surface area contributed by atoms with Gasteiger partial charge in [0.15, 0.2) is 0 Å². The Morgan fingerprint density at radius 1 is 1.03 bits per heavy atom. The van der Waals surface area contributed by atoms with E-state index in [4.69, 9.17) is 4.74 Å². The third-order valence-corrected chi connectivity index (χ3v) is 4.67. The van der Waals surface area contributed by atoms with E-state index in [2.05, 4.69) is 5.32 Å². The molecule has 1 fully saturated rings. The molecule has 8 heteroatoms. The quantitative estimate of drug-likeness (QED) is 0.805. The van der Waals surface area contributed by atoms with E-state index in [1.54, 1.807) is 48.2 Å². The average Bonchev–Trinajstić information content (AvgIpc) is 2.74. The van der Waals surface area contributed by atoms with E-state index in [0.29, 0.717) is 49.7 Å². The maximum absolute atomic E-state index is 12.3. The molecule has 0 aromatic heterocycles. The van der Waals surface area contributed by atoms with Crippen molar-refractivity contribution in [1.29, 1.82) is 0 Å². The van der Waals surface area contributed by atoms with Gasteiger partial charge >= 0.3 is 12.1 Å². The minimum absolute atomic E-state index is 0.0976. The predicted octanol–water partition coefficient (Wildman–Crippen LogP) is 2.92. The van der Waals surface area contributed by atoms with Crippen LogP contribution in [0.2, 0.25) is 0 Å². The molecule has 0 aliphatic carbocycles. The number of carbonyl (C=O) groups is 3. The monoisotopic (exact) mass is 397 g/mol. The number of benzene rings is 2. The Balaban J connectivity index is 1.73. The van der Waals surface area contributed by atoms with E-state index in [0.717, 1.165) is 0 Å². The van der Waals surface area contributed by atoms with Gasteiger partial charge < -0.3 is 25.0 Å². The lowest BCUT2D eigenvalue weighted by molar-refractivity contribution is 0.0696. The summed E-state index contributed by atoms with van der Waals surface area (Å²) in [6.07, 6.45) is -0.357. The molecule has 8 nitrogen and oxygen atoms in total. The highest BCUT2D eigenvalue weighted by Crippen LogP contribution is 2.26. The molecule has 152 valence electrons. The number of carbonyl (C=O) groups excluding carboxylic acids is 2. The Bertz CT molecular complexity index is 892. The Morgan fingerprint density at radius 3 is 2.34 bits per heavy atom. The van der Waals surface area contributed by atoms with Gasteiger partial charge in [-0.3, -0.25) is 4.79 Å². The molecule has 2 N–H and O–H groups in total. The first-order chi connectivity index (χ1) is 14.0. The molecule has 29 heavy (non-hydrogen) atoms. The summed E-state index contributed by atoms with van der Waals surface area (Å²) in [6.45, 7) is 3.96. The summed E-state index contributed by atoms with van der Waals surface area (Å²) >= 11 is 0. The third-order valence-electron chi connectivity index (χ3n) is 4.67. The van der Waals surface area contributed by atoms with Crippen molar-refractivity contribution < 1.29 is 24.2 Å². The van der Waals surface area contributed by atoms with E-state index < -0.39 is 5.97 Å². The standard InChI is InChI=1S/C21H23N3O5/c1-2-29-21(28)24-12-10-23(11-13-24)18-9-8-16(14-17(18)20(26)27)22-19(25)15-6-4-3-5-7-15/h3-9,14H,2,10-13H2,1H3,(H,22,25)(H,26,27). The van der Waals surface area contributed by atoms with Gasteiger partial charge in [-0.25, -0.2) is 9.59 Å². The van der Waals surface area contributed by atoms with E-state index in [1.165, 1.54) is 6.07 Å². The van der Waals surface area contributed by atoms with Crippen LogP contribution in [0, 0.1) is 0 Å². The number of piperazine rings is 1. The summed E-state index contributed by atoms with van der Waals surface area (Å²) in [6, 6.07) is 13.5. The van der Waals surface area contributed by atoms with Crippen LogP contribution in [-0.4, -0.2) is 60.8 Å². The van der Waals surface area contributed by atoms with Crippen LogP contribution in [0.25, 0.3) is 0 Å². The van der Waals surface area contributed by atoms with Crippen LogP contribution in [0.4, 0.5) is 16.2 Å². The molecule has 2 aromatic carbocycles. The van der Waals surface area contributed by atoms with E-state index in [9.17, 15) is 19.5 Å². The first-order valence-electron chi connectivity index (χ1n) is 9.40. The molecule has 2 amide bonds. The lowest BCUT2D eigenvalue weighted by Gasteiger charge is -2.36. The molecule has 0 atom stereocenters. The van der Waals surface area contributed by atoms with E-state index in [-0.39, 0.29) is 17.6 Å². The zero-order valence-electron chi connectivity index (χ0n) is 16.1. The van der Waals surface area contributed by atoms with Crippen molar-refractivity contribution in [2.45, 2.75) is 6.92 Å². The maximum Gasteiger partial charge on any atom is 0.409 e. The predicted molar refractivity (Wildman–Crippen MR) is 109 cm³/mol. The fourth-order valence-corrected chi connectivity index (χ4v) is 3.20. The average molecular weight is 397 g/mol. The van der Waals surface area contributed by atoms with E-state index >= 15 is 0 Å². The SMILES string of the molecule is CCOC(=O)N1CCN(c2ccc(NC(=O)c3ccccc3)cc2C(=O)O)CC1. The molecular weight excluding hydrogens is 374 g/mol. The second kappa shape index (κ2) is 9.09. The first-order valence-corrected chi connectivity index (χ1v) is 9.40. The smallest absolute Gasteiger partial charge is 0.409 e. The van der Waals surface area contributed by atoms with Gasteiger partial charge in [0.2, 0.25) is 0 Å². The summed E-state index contributed by atoms with van der Waals surface area (Å²) < 4.78 is 5.01. The highest BCUT2D eigenvalue weighted by Gasteiger charge is 2.25. The minimum atomic E-state index is -1.08. The second-order valence-electron chi connectivity index (χ2n) is 6.53. The topological polar surface area (TPSA) is 99.2 Å². The summed E-state index contributed by atoms with van der Waals surface area (Å²) in [5, 5.41) is 12.4. The third kappa shape index (κ3) is 4.84. The number of amides is 2. The molecule has 0 spiro atoms. The van der Waals surface area contributed by atoms with Crippen molar-refractivity contribution in [1.82, 2.24) is 4.90 Å². The number of nitrogens with one attached hydrogen (secondary N) is 1. The summed E-state index contributed by atoms with van der Waals surface area (Å²) in [7, 11) is 0. The highest BCUT2D eigenvalue weighted by molar-refractivity contribution is 6.05. The van der Waals surface area contributed by atoms with Gasteiger partial charge in [-0.15, -0.1) is 0 Å². The van der Waals surface area contributed by atoms with Crippen LogP contribution in [0.1, 0.15) is 27.6 Å². The zero-order chi connectivity index (χ0) is 20.8. The Kier molecular flexibility index (Phi) is 6.33. The number of anilines is 2. The van der Waals surface area contributed by atoms with Gasteiger partial charge in [0, 0.05) is 37.4 Å².